The van der Waals surface area contributed by atoms with Crippen LogP contribution < -0.4 is 5.32 Å². The van der Waals surface area contributed by atoms with E-state index in [0.717, 1.165) is 17.4 Å². The van der Waals surface area contributed by atoms with Gasteiger partial charge in [-0.3, -0.25) is 9.59 Å². The largest absolute Gasteiger partial charge is 0.349 e. The van der Waals surface area contributed by atoms with Gasteiger partial charge in [-0.25, -0.2) is 0 Å². The second-order valence-electron chi connectivity index (χ2n) is 9.98. The first-order chi connectivity index (χ1) is 15.5. The lowest BCUT2D eigenvalue weighted by atomic mass is 9.54. The monoisotopic (exact) mass is 427 g/mol. The fraction of sp³-hybridized carbons (Fsp3) is 0.444. The van der Waals surface area contributed by atoms with E-state index in [1.54, 1.807) is 36.2 Å². The third kappa shape index (κ3) is 4.02. The predicted molar refractivity (Wildman–Crippen MR) is 122 cm³/mol. The van der Waals surface area contributed by atoms with Crippen molar-refractivity contribution in [2.24, 2.45) is 23.7 Å². The van der Waals surface area contributed by atoms with Crippen LogP contribution in [0.3, 0.4) is 0 Å². The van der Waals surface area contributed by atoms with Crippen molar-refractivity contribution >= 4 is 11.8 Å². The molecule has 0 aromatic heterocycles. The fourth-order valence-corrected chi connectivity index (χ4v) is 6.44. The molecule has 5 nitrogen and oxygen atoms in total. The summed E-state index contributed by atoms with van der Waals surface area (Å²) < 4.78 is 0. The van der Waals surface area contributed by atoms with Crippen LogP contribution >= 0.6 is 0 Å². The summed E-state index contributed by atoms with van der Waals surface area (Å²) in [5, 5.41) is 12.4. The molecule has 4 saturated carbocycles. The minimum Gasteiger partial charge on any atom is -0.349 e. The number of benzene rings is 2. The Morgan fingerprint density at radius 2 is 1.62 bits per heavy atom. The number of rotatable bonds is 5. The van der Waals surface area contributed by atoms with Gasteiger partial charge in [-0.15, -0.1) is 0 Å². The molecule has 5 heteroatoms. The summed E-state index contributed by atoms with van der Waals surface area (Å²) in [5.41, 5.74) is 2.61. The first-order valence-corrected chi connectivity index (χ1v) is 11.7. The van der Waals surface area contributed by atoms with Crippen LogP contribution in [0.25, 0.3) is 0 Å². The zero-order valence-corrected chi connectivity index (χ0v) is 18.5. The zero-order valence-electron chi connectivity index (χ0n) is 18.5. The molecule has 0 atom stereocenters. The highest BCUT2D eigenvalue weighted by Gasteiger charge is 2.48. The Morgan fingerprint density at radius 3 is 2.25 bits per heavy atom. The second kappa shape index (κ2) is 8.43. The normalized spacial score (nSPS) is 27.6. The Bertz CT molecular complexity index is 1040. The van der Waals surface area contributed by atoms with Crippen molar-refractivity contribution in [3.05, 3.63) is 70.8 Å². The Kier molecular flexibility index (Phi) is 5.46. The van der Waals surface area contributed by atoms with Crippen LogP contribution in [0.4, 0.5) is 0 Å². The molecular formula is C27H29N3O2. The summed E-state index contributed by atoms with van der Waals surface area (Å²) in [5.74, 6) is 3.00. The van der Waals surface area contributed by atoms with Crippen molar-refractivity contribution in [1.29, 1.82) is 5.26 Å². The number of carbonyl (C=O) groups is 2. The van der Waals surface area contributed by atoms with Crippen LogP contribution in [0.5, 0.6) is 0 Å². The van der Waals surface area contributed by atoms with Gasteiger partial charge in [-0.05, 0) is 91.7 Å². The third-order valence-corrected chi connectivity index (χ3v) is 7.75. The third-order valence-electron chi connectivity index (χ3n) is 7.75. The molecular weight excluding hydrogens is 398 g/mol. The van der Waals surface area contributed by atoms with E-state index >= 15 is 0 Å². The Hall–Kier alpha value is -3.13. The minimum atomic E-state index is -0.134. The SMILES string of the molecule is CN(Cc1ccc(C(=O)NC2C3CC4CC(C3)CC2C4)cc1)C(=O)c1cccc(C#N)c1. The van der Waals surface area contributed by atoms with Gasteiger partial charge >= 0.3 is 0 Å². The topological polar surface area (TPSA) is 73.2 Å². The number of carbonyl (C=O) groups excluding carboxylic acids is 2. The lowest BCUT2D eigenvalue weighted by Crippen LogP contribution is -2.55. The Morgan fingerprint density at radius 1 is 0.969 bits per heavy atom. The molecule has 32 heavy (non-hydrogen) atoms. The number of hydrogen-bond donors (Lipinski definition) is 1. The van der Waals surface area contributed by atoms with Crippen LogP contribution in [-0.4, -0.2) is 29.8 Å². The average molecular weight is 428 g/mol. The molecule has 0 radical (unpaired) electrons. The summed E-state index contributed by atoms with van der Waals surface area (Å²) in [4.78, 5) is 27.2. The molecule has 164 valence electrons. The van der Waals surface area contributed by atoms with Gasteiger partial charge in [0.1, 0.15) is 0 Å². The van der Waals surface area contributed by atoms with Gasteiger partial charge in [0, 0.05) is 30.8 Å². The number of nitrogens with one attached hydrogen (secondary N) is 1. The van der Waals surface area contributed by atoms with Gasteiger partial charge in [0.05, 0.1) is 11.6 Å². The first kappa shape index (κ1) is 20.8. The van der Waals surface area contributed by atoms with Gasteiger partial charge in [-0.2, -0.15) is 5.26 Å². The van der Waals surface area contributed by atoms with Gasteiger partial charge in [0.2, 0.25) is 0 Å². The first-order valence-electron chi connectivity index (χ1n) is 11.7. The standard InChI is InChI=1S/C27H29N3O2/c1-30(27(32)22-4-2-3-18(10-22)15-28)16-17-5-7-21(8-6-17)26(31)29-25-23-11-19-9-20(13-23)14-24(25)12-19/h2-8,10,19-20,23-25H,9,11-14,16H2,1H3,(H,29,31). The van der Waals surface area contributed by atoms with E-state index in [9.17, 15) is 9.59 Å². The zero-order chi connectivity index (χ0) is 22.2. The molecule has 1 N–H and O–H groups in total. The van der Waals surface area contributed by atoms with E-state index in [0.29, 0.717) is 41.1 Å². The summed E-state index contributed by atoms with van der Waals surface area (Å²) in [7, 11) is 1.74. The molecule has 2 aromatic carbocycles. The quantitative estimate of drug-likeness (QED) is 0.769. The molecule has 4 aliphatic rings. The summed E-state index contributed by atoms with van der Waals surface area (Å²) in [6, 6.07) is 16.7. The van der Waals surface area contributed by atoms with E-state index in [-0.39, 0.29) is 11.8 Å². The summed E-state index contributed by atoms with van der Waals surface area (Å²) >= 11 is 0. The molecule has 4 bridgehead atoms. The van der Waals surface area contributed by atoms with Gasteiger partial charge in [0.15, 0.2) is 0 Å². The van der Waals surface area contributed by atoms with E-state index in [1.807, 2.05) is 24.3 Å². The summed E-state index contributed by atoms with van der Waals surface area (Å²) in [6.07, 6.45) is 6.56. The molecule has 0 spiro atoms. The van der Waals surface area contributed by atoms with Crippen molar-refractivity contribution < 1.29 is 9.59 Å². The molecule has 2 aromatic rings. The fourth-order valence-electron chi connectivity index (χ4n) is 6.44. The molecule has 0 heterocycles. The lowest BCUT2D eigenvalue weighted by Gasteiger charge is -2.54. The Labute approximate surface area is 189 Å². The van der Waals surface area contributed by atoms with Crippen molar-refractivity contribution in [3.63, 3.8) is 0 Å². The van der Waals surface area contributed by atoms with Gasteiger partial charge in [-0.1, -0.05) is 18.2 Å². The maximum Gasteiger partial charge on any atom is 0.253 e. The molecule has 6 rings (SSSR count). The number of nitrogens with zero attached hydrogens (tertiary/aromatic N) is 2. The maximum absolute atomic E-state index is 12.9. The van der Waals surface area contributed by atoms with Crippen LogP contribution in [0.1, 0.15) is 63.9 Å². The molecule has 4 aliphatic carbocycles. The highest BCUT2D eigenvalue weighted by atomic mass is 16.2. The molecule has 2 amide bonds. The highest BCUT2D eigenvalue weighted by Crippen LogP contribution is 2.53. The summed E-state index contributed by atoms with van der Waals surface area (Å²) in [6.45, 7) is 0.438. The van der Waals surface area contributed by atoms with Crippen molar-refractivity contribution in [1.82, 2.24) is 10.2 Å². The number of nitriles is 1. The van der Waals surface area contributed by atoms with Crippen LogP contribution in [-0.2, 0) is 6.54 Å². The average Bonchev–Trinajstić information content (AvgIpc) is 2.80. The van der Waals surface area contributed by atoms with E-state index in [2.05, 4.69) is 11.4 Å². The predicted octanol–water partition coefficient (Wildman–Crippen LogP) is 4.38. The van der Waals surface area contributed by atoms with E-state index < -0.39 is 0 Å². The van der Waals surface area contributed by atoms with Crippen LogP contribution in [0.15, 0.2) is 48.5 Å². The van der Waals surface area contributed by atoms with Crippen molar-refractivity contribution in [2.75, 3.05) is 7.05 Å². The molecule has 0 saturated heterocycles. The van der Waals surface area contributed by atoms with Crippen LogP contribution in [0.2, 0.25) is 0 Å². The Balaban J connectivity index is 1.20. The number of amides is 2. The minimum absolute atomic E-state index is 0.0202. The molecule has 4 fully saturated rings. The van der Waals surface area contributed by atoms with E-state index in [1.165, 1.54) is 32.1 Å². The maximum atomic E-state index is 12.9. The van der Waals surface area contributed by atoms with Crippen molar-refractivity contribution in [2.45, 2.75) is 44.7 Å². The smallest absolute Gasteiger partial charge is 0.253 e. The lowest BCUT2D eigenvalue weighted by molar-refractivity contribution is -0.0119. The highest BCUT2D eigenvalue weighted by molar-refractivity contribution is 5.95. The number of hydrogen-bond acceptors (Lipinski definition) is 3. The van der Waals surface area contributed by atoms with Gasteiger partial charge < -0.3 is 10.2 Å². The van der Waals surface area contributed by atoms with Crippen LogP contribution in [0, 0.1) is 35.0 Å². The second-order valence-corrected chi connectivity index (χ2v) is 9.98. The van der Waals surface area contributed by atoms with Gasteiger partial charge in [0.25, 0.3) is 11.8 Å². The van der Waals surface area contributed by atoms with Crippen molar-refractivity contribution in [3.8, 4) is 6.07 Å². The molecule has 0 aliphatic heterocycles. The van der Waals surface area contributed by atoms with E-state index in [4.69, 9.17) is 5.26 Å². The molecule has 0 unspecified atom stereocenters.